The van der Waals surface area contributed by atoms with Crippen LogP contribution in [0.2, 0.25) is 0 Å². The molecule has 2 aromatic heterocycles. The Morgan fingerprint density at radius 3 is 2.89 bits per heavy atom. The Balaban J connectivity index is 2.04. The second kappa shape index (κ2) is 4.39. The summed E-state index contributed by atoms with van der Waals surface area (Å²) in [7, 11) is 2.10. The van der Waals surface area contributed by atoms with E-state index < -0.39 is 0 Å². The van der Waals surface area contributed by atoms with Crippen LogP contribution < -0.4 is 10.6 Å². The van der Waals surface area contributed by atoms with E-state index >= 15 is 0 Å². The fourth-order valence-electron chi connectivity index (χ4n) is 2.21. The van der Waals surface area contributed by atoms with Gasteiger partial charge in [-0.2, -0.15) is 4.98 Å². The molecule has 4 nitrogen and oxygen atoms in total. The first-order chi connectivity index (χ1) is 8.67. The van der Waals surface area contributed by atoms with E-state index in [0.717, 1.165) is 34.9 Å². The number of hydrogen-bond donors (Lipinski definition) is 1. The lowest BCUT2D eigenvalue weighted by Gasteiger charge is -2.18. The summed E-state index contributed by atoms with van der Waals surface area (Å²) in [6.45, 7) is 3.23. The minimum Gasteiger partial charge on any atom is -0.368 e. The lowest BCUT2D eigenvalue weighted by atomic mass is 10.3. The Hall–Kier alpha value is -1.36. The number of fused-ring (bicyclic) bond motifs is 1. The summed E-state index contributed by atoms with van der Waals surface area (Å²) in [5, 5.41) is 1.15. The third-order valence-corrected chi connectivity index (χ3v) is 4.55. The number of nitrogens with zero attached hydrogens (tertiary/aromatic N) is 3. The van der Waals surface area contributed by atoms with Gasteiger partial charge in [0, 0.05) is 18.5 Å². The van der Waals surface area contributed by atoms with Crippen LogP contribution in [-0.4, -0.2) is 23.6 Å². The van der Waals surface area contributed by atoms with Gasteiger partial charge in [-0.05, 0) is 31.2 Å². The zero-order chi connectivity index (χ0) is 12.7. The molecule has 1 saturated carbocycles. The molecule has 1 aliphatic carbocycles. The van der Waals surface area contributed by atoms with Crippen molar-refractivity contribution >= 4 is 33.3 Å². The van der Waals surface area contributed by atoms with Gasteiger partial charge < -0.3 is 10.6 Å². The van der Waals surface area contributed by atoms with Gasteiger partial charge in [0.25, 0.3) is 0 Å². The van der Waals surface area contributed by atoms with Crippen molar-refractivity contribution in [1.82, 2.24) is 9.97 Å². The van der Waals surface area contributed by atoms with Gasteiger partial charge in [-0.25, -0.2) is 4.98 Å². The first-order valence-corrected chi connectivity index (χ1v) is 7.26. The number of anilines is 2. The second-order valence-electron chi connectivity index (χ2n) is 5.01. The third-order valence-electron chi connectivity index (χ3n) is 3.38. The maximum absolute atomic E-state index is 5.82. The first-order valence-electron chi connectivity index (χ1n) is 6.44. The Morgan fingerprint density at radius 2 is 2.22 bits per heavy atom. The van der Waals surface area contributed by atoms with Crippen molar-refractivity contribution in [3.8, 4) is 0 Å². The van der Waals surface area contributed by atoms with Crippen LogP contribution in [0.1, 0.15) is 24.6 Å². The Labute approximate surface area is 111 Å². The summed E-state index contributed by atoms with van der Waals surface area (Å²) in [6, 6.07) is 2.21. The summed E-state index contributed by atoms with van der Waals surface area (Å²) in [4.78, 5) is 13.3. The van der Waals surface area contributed by atoms with E-state index in [2.05, 4.69) is 34.9 Å². The normalized spacial score (nSPS) is 15.2. The van der Waals surface area contributed by atoms with Crippen molar-refractivity contribution < 1.29 is 0 Å². The smallest absolute Gasteiger partial charge is 0.223 e. The van der Waals surface area contributed by atoms with E-state index in [1.807, 2.05) is 0 Å². The molecule has 1 aliphatic rings. The minimum atomic E-state index is 0.379. The molecule has 96 valence electrons. The van der Waals surface area contributed by atoms with Crippen molar-refractivity contribution in [3.63, 3.8) is 0 Å². The highest BCUT2D eigenvalue weighted by Gasteiger charge is 2.24. The van der Waals surface area contributed by atoms with Crippen LogP contribution in [0.25, 0.3) is 10.2 Å². The molecule has 0 aliphatic heterocycles. The van der Waals surface area contributed by atoms with Crippen LogP contribution in [0.4, 0.5) is 11.8 Å². The van der Waals surface area contributed by atoms with Crippen LogP contribution in [0, 0.1) is 5.92 Å². The maximum Gasteiger partial charge on any atom is 0.223 e. The van der Waals surface area contributed by atoms with Gasteiger partial charge in [0.1, 0.15) is 10.6 Å². The van der Waals surface area contributed by atoms with Crippen molar-refractivity contribution in [2.45, 2.75) is 26.2 Å². The molecule has 0 spiro atoms. The van der Waals surface area contributed by atoms with E-state index in [9.17, 15) is 0 Å². The number of nitrogen functional groups attached to an aromatic ring is 1. The van der Waals surface area contributed by atoms with Gasteiger partial charge in [0.05, 0.1) is 5.39 Å². The van der Waals surface area contributed by atoms with Crippen LogP contribution in [0.3, 0.4) is 0 Å². The van der Waals surface area contributed by atoms with E-state index in [1.165, 1.54) is 17.7 Å². The van der Waals surface area contributed by atoms with Crippen LogP contribution >= 0.6 is 11.3 Å². The molecule has 0 amide bonds. The molecule has 0 unspecified atom stereocenters. The quantitative estimate of drug-likeness (QED) is 0.920. The standard InChI is InChI=1S/C13H18N4S/c1-3-9-6-10-11(17(2)7-8-4-5-8)15-13(14)16-12(10)18-9/h6,8H,3-5,7H2,1-2H3,(H2,14,15,16). The highest BCUT2D eigenvalue weighted by molar-refractivity contribution is 7.18. The topological polar surface area (TPSA) is 55.0 Å². The second-order valence-corrected chi connectivity index (χ2v) is 6.13. The fourth-order valence-corrected chi connectivity index (χ4v) is 3.18. The third kappa shape index (κ3) is 2.14. The molecule has 2 heterocycles. The number of hydrogen-bond acceptors (Lipinski definition) is 5. The zero-order valence-electron chi connectivity index (χ0n) is 10.8. The summed E-state index contributed by atoms with van der Waals surface area (Å²) < 4.78 is 0. The molecule has 3 rings (SSSR count). The van der Waals surface area contributed by atoms with E-state index in [1.54, 1.807) is 11.3 Å². The van der Waals surface area contributed by atoms with Gasteiger partial charge in [-0.3, -0.25) is 0 Å². The summed E-state index contributed by atoms with van der Waals surface area (Å²) >= 11 is 1.72. The van der Waals surface area contributed by atoms with Crippen molar-refractivity contribution in [3.05, 3.63) is 10.9 Å². The molecule has 18 heavy (non-hydrogen) atoms. The average molecular weight is 262 g/mol. The number of aromatic nitrogens is 2. The van der Waals surface area contributed by atoms with E-state index in [0.29, 0.717) is 5.95 Å². The lowest BCUT2D eigenvalue weighted by Crippen LogP contribution is -2.21. The van der Waals surface area contributed by atoms with Gasteiger partial charge >= 0.3 is 0 Å². The lowest BCUT2D eigenvalue weighted by molar-refractivity contribution is 0.780. The molecule has 2 N–H and O–H groups in total. The molecule has 1 fully saturated rings. The highest BCUT2D eigenvalue weighted by atomic mass is 32.1. The van der Waals surface area contributed by atoms with E-state index in [-0.39, 0.29) is 0 Å². The molecule has 0 saturated heterocycles. The van der Waals surface area contributed by atoms with Gasteiger partial charge in [-0.1, -0.05) is 6.92 Å². The molecule has 0 radical (unpaired) electrons. The van der Waals surface area contributed by atoms with Gasteiger partial charge in [0.15, 0.2) is 0 Å². The monoisotopic (exact) mass is 262 g/mol. The fraction of sp³-hybridized carbons (Fsp3) is 0.538. The van der Waals surface area contributed by atoms with Crippen molar-refractivity contribution in [2.24, 2.45) is 5.92 Å². The van der Waals surface area contributed by atoms with Gasteiger partial charge in [0.2, 0.25) is 5.95 Å². The van der Waals surface area contributed by atoms with Crippen LogP contribution in [0.15, 0.2) is 6.07 Å². The van der Waals surface area contributed by atoms with Crippen LogP contribution in [0.5, 0.6) is 0 Å². The van der Waals surface area contributed by atoms with Crippen molar-refractivity contribution in [1.29, 1.82) is 0 Å². The average Bonchev–Trinajstić information content (AvgIpc) is 3.05. The zero-order valence-corrected chi connectivity index (χ0v) is 11.6. The maximum atomic E-state index is 5.82. The number of thiophene rings is 1. The predicted molar refractivity (Wildman–Crippen MR) is 77.2 cm³/mol. The minimum absolute atomic E-state index is 0.379. The van der Waals surface area contributed by atoms with Crippen molar-refractivity contribution in [2.75, 3.05) is 24.2 Å². The number of rotatable bonds is 4. The Kier molecular flexibility index (Phi) is 2.86. The molecule has 0 aromatic carbocycles. The number of nitrogens with two attached hydrogens (primary N) is 1. The molecule has 0 bridgehead atoms. The summed E-state index contributed by atoms with van der Waals surface area (Å²) in [5.41, 5.74) is 5.82. The molecular weight excluding hydrogens is 244 g/mol. The van der Waals surface area contributed by atoms with Crippen LogP contribution in [-0.2, 0) is 6.42 Å². The van der Waals surface area contributed by atoms with Gasteiger partial charge in [-0.15, -0.1) is 11.3 Å². The first kappa shape index (κ1) is 11.7. The summed E-state index contributed by atoms with van der Waals surface area (Å²) in [6.07, 6.45) is 3.72. The molecule has 0 atom stereocenters. The molecular formula is C13H18N4S. The number of aryl methyl sites for hydroxylation is 1. The molecule has 5 heteroatoms. The largest absolute Gasteiger partial charge is 0.368 e. The highest BCUT2D eigenvalue weighted by Crippen LogP contribution is 2.34. The predicted octanol–water partition coefficient (Wildman–Crippen LogP) is 2.68. The van der Waals surface area contributed by atoms with E-state index in [4.69, 9.17) is 5.73 Å². The molecule has 2 aromatic rings. The Morgan fingerprint density at radius 1 is 1.44 bits per heavy atom. The SMILES string of the molecule is CCc1cc2c(N(C)CC3CC3)nc(N)nc2s1. The Bertz CT molecular complexity index is 574. The summed E-state index contributed by atoms with van der Waals surface area (Å²) in [5.74, 6) is 2.20.